The highest BCUT2D eigenvalue weighted by molar-refractivity contribution is 5.85. The maximum atomic E-state index is 12.5. The summed E-state index contributed by atoms with van der Waals surface area (Å²) >= 11 is 0. The Morgan fingerprint density at radius 1 is 1.40 bits per heavy atom. The van der Waals surface area contributed by atoms with Crippen LogP contribution in [0, 0.1) is 5.92 Å². The quantitative estimate of drug-likeness (QED) is 0.722. The van der Waals surface area contributed by atoms with Crippen LogP contribution in [-0.4, -0.2) is 24.9 Å². The van der Waals surface area contributed by atoms with Gasteiger partial charge < -0.3 is 15.8 Å². The van der Waals surface area contributed by atoms with Crippen LogP contribution in [0.2, 0.25) is 0 Å². The van der Waals surface area contributed by atoms with Gasteiger partial charge in [0.05, 0.1) is 0 Å². The van der Waals surface area contributed by atoms with Crippen molar-refractivity contribution in [2.45, 2.75) is 50.9 Å². The van der Waals surface area contributed by atoms with Gasteiger partial charge in [-0.05, 0) is 30.4 Å². The molecule has 2 rings (SSSR count). The van der Waals surface area contributed by atoms with Crippen molar-refractivity contribution in [3.8, 4) is 5.75 Å². The van der Waals surface area contributed by atoms with E-state index in [-0.39, 0.29) is 41.9 Å². The van der Waals surface area contributed by atoms with Crippen molar-refractivity contribution in [2.75, 3.05) is 6.54 Å². The molecule has 142 valence electrons. The Morgan fingerprint density at radius 3 is 2.68 bits per heavy atom. The summed E-state index contributed by atoms with van der Waals surface area (Å²) in [5.41, 5.74) is 6.09. The van der Waals surface area contributed by atoms with Crippen molar-refractivity contribution in [1.82, 2.24) is 5.32 Å². The van der Waals surface area contributed by atoms with Crippen molar-refractivity contribution in [3.63, 3.8) is 0 Å². The average molecular weight is 381 g/mol. The van der Waals surface area contributed by atoms with E-state index in [0.29, 0.717) is 18.5 Å². The number of hydrogen-bond donors (Lipinski definition) is 2. The smallest absolute Gasteiger partial charge is 0.405 e. The van der Waals surface area contributed by atoms with Gasteiger partial charge in [0.15, 0.2) is 0 Å². The molecular formula is C17H24ClF3N2O2. The number of benzene rings is 1. The summed E-state index contributed by atoms with van der Waals surface area (Å²) in [5, 5.41) is 2.90. The summed E-state index contributed by atoms with van der Waals surface area (Å²) in [6.45, 7) is 2.42. The first-order chi connectivity index (χ1) is 11.4. The van der Waals surface area contributed by atoms with Gasteiger partial charge in [-0.3, -0.25) is 4.79 Å². The fourth-order valence-corrected chi connectivity index (χ4v) is 2.84. The minimum absolute atomic E-state index is 0. The summed E-state index contributed by atoms with van der Waals surface area (Å²) in [5.74, 6) is -0.938. The molecule has 0 spiro atoms. The summed E-state index contributed by atoms with van der Waals surface area (Å²) in [7, 11) is 0. The molecule has 25 heavy (non-hydrogen) atoms. The normalized spacial score (nSPS) is 20.4. The molecule has 1 aromatic carbocycles. The molecule has 1 fully saturated rings. The highest BCUT2D eigenvalue weighted by Crippen LogP contribution is 2.51. The number of para-hydroxylation sites is 1. The lowest BCUT2D eigenvalue weighted by atomic mass is 10.1. The highest BCUT2D eigenvalue weighted by Gasteiger charge is 2.46. The number of alkyl halides is 3. The number of ether oxygens (including phenoxy) is 1. The molecule has 3 unspecified atom stereocenters. The van der Waals surface area contributed by atoms with E-state index in [4.69, 9.17) is 5.73 Å². The van der Waals surface area contributed by atoms with E-state index in [1.54, 1.807) is 12.1 Å². The SMILES string of the molecule is CCCCC(CN)NC(=O)C1CC1c1ccccc1OC(F)(F)F.Cl. The van der Waals surface area contributed by atoms with Crippen LogP contribution < -0.4 is 15.8 Å². The predicted octanol–water partition coefficient (Wildman–Crippen LogP) is 3.74. The summed E-state index contributed by atoms with van der Waals surface area (Å²) in [6, 6.07) is 5.91. The zero-order valence-corrected chi connectivity index (χ0v) is 14.8. The predicted molar refractivity (Wildman–Crippen MR) is 91.7 cm³/mol. The van der Waals surface area contributed by atoms with Crippen molar-refractivity contribution in [2.24, 2.45) is 11.7 Å². The number of nitrogens with two attached hydrogens (primary N) is 1. The van der Waals surface area contributed by atoms with Crippen molar-refractivity contribution < 1.29 is 22.7 Å². The Bertz CT molecular complexity index is 569. The molecular weight excluding hydrogens is 357 g/mol. The lowest BCUT2D eigenvalue weighted by Crippen LogP contribution is -2.41. The third-order valence-electron chi connectivity index (χ3n) is 4.21. The standard InChI is InChI=1S/C17H23F3N2O2.ClH/c1-2-3-6-11(10-21)22-16(23)14-9-13(14)12-7-4-5-8-15(12)24-17(18,19)20;/h4-5,7-8,11,13-14H,2-3,6,9-10,21H2,1H3,(H,22,23);1H. The van der Waals surface area contributed by atoms with Crippen LogP contribution in [0.25, 0.3) is 0 Å². The Labute approximate surface area is 151 Å². The van der Waals surface area contributed by atoms with Crippen LogP contribution >= 0.6 is 12.4 Å². The van der Waals surface area contributed by atoms with Gasteiger partial charge in [-0.15, -0.1) is 25.6 Å². The van der Waals surface area contributed by atoms with Crippen LogP contribution in [0.5, 0.6) is 5.75 Å². The summed E-state index contributed by atoms with van der Waals surface area (Å²) in [4.78, 5) is 12.3. The first-order valence-corrected chi connectivity index (χ1v) is 8.20. The lowest BCUT2D eigenvalue weighted by molar-refractivity contribution is -0.274. The van der Waals surface area contributed by atoms with Gasteiger partial charge in [0.1, 0.15) is 5.75 Å². The van der Waals surface area contributed by atoms with Crippen molar-refractivity contribution >= 4 is 18.3 Å². The van der Waals surface area contributed by atoms with Gasteiger partial charge in [-0.1, -0.05) is 38.0 Å². The third-order valence-corrected chi connectivity index (χ3v) is 4.21. The summed E-state index contributed by atoms with van der Waals surface area (Å²) < 4.78 is 41.5. The van der Waals surface area contributed by atoms with Crippen molar-refractivity contribution in [1.29, 1.82) is 0 Å². The average Bonchev–Trinajstić information content (AvgIpc) is 3.30. The van der Waals surface area contributed by atoms with Gasteiger partial charge in [0, 0.05) is 18.5 Å². The molecule has 1 aliphatic carbocycles. The molecule has 0 bridgehead atoms. The second-order valence-electron chi connectivity index (χ2n) is 6.12. The molecule has 1 aromatic rings. The number of amides is 1. The monoisotopic (exact) mass is 380 g/mol. The molecule has 1 amide bonds. The maximum absolute atomic E-state index is 12.5. The number of nitrogens with one attached hydrogen (secondary N) is 1. The minimum atomic E-state index is -4.74. The second-order valence-corrected chi connectivity index (χ2v) is 6.12. The van der Waals surface area contributed by atoms with Crippen LogP contribution in [-0.2, 0) is 4.79 Å². The van der Waals surface area contributed by atoms with E-state index >= 15 is 0 Å². The maximum Gasteiger partial charge on any atom is 0.573 e. The van der Waals surface area contributed by atoms with E-state index in [1.165, 1.54) is 12.1 Å². The number of rotatable bonds is 8. The molecule has 0 radical (unpaired) electrons. The van der Waals surface area contributed by atoms with E-state index in [0.717, 1.165) is 19.3 Å². The molecule has 0 heterocycles. The molecule has 8 heteroatoms. The van der Waals surface area contributed by atoms with Crippen LogP contribution in [0.4, 0.5) is 13.2 Å². The molecule has 3 N–H and O–H groups in total. The third kappa shape index (κ3) is 6.40. The Balaban J connectivity index is 0.00000312. The van der Waals surface area contributed by atoms with E-state index in [2.05, 4.69) is 17.0 Å². The van der Waals surface area contributed by atoms with E-state index < -0.39 is 6.36 Å². The second kappa shape index (κ2) is 9.29. The van der Waals surface area contributed by atoms with Crippen LogP contribution in [0.1, 0.15) is 44.1 Å². The van der Waals surface area contributed by atoms with Crippen LogP contribution in [0.3, 0.4) is 0 Å². The molecule has 1 saturated carbocycles. The largest absolute Gasteiger partial charge is 0.573 e. The molecule has 0 aliphatic heterocycles. The molecule has 0 saturated heterocycles. The number of halogens is 4. The van der Waals surface area contributed by atoms with Gasteiger partial charge in [-0.25, -0.2) is 0 Å². The van der Waals surface area contributed by atoms with Gasteiger partial charge in [-0.2, -0.15) is 0 Å². The number of hydrogen-bond acceptors (Lipinski definition) is 3. The minimum Gasteiger partial charge on any atom is -0.405 e. The van der Waals surface area contributed by atoms with Gasteiger partial charge in [0.25, 0.3) is 0 Å². The molecule has 1 aliphatic rings. The molecule has 3 atom stereocenters. The lowest BCUT2D eigenvalue weighted by Gasteiger charge is -2.17. The summed E-state index contributed by atoms with van der Waals surface area (Å²) in [6.07, 6.45) is -1.42. The zero-order chi connectivity index (χ0) is 17.7. The van der Waals surface area contributed by atoms with E-state index in [9.17, 15) is 18.0 Å². The number of unbranched alkanes of at least 4 members (excludes halogenated alkanes) is 1. The topological polar surface area (TPSA) is 64.3 Å². The first kappa shape index (κ1) is 21.6. The number of carbonyl (C=O) groups is 1. The molecule has 0 aromatic heterocycles. The first-order valence-electron chi connectivity index (χ1n) is 8.20. The Morgan fingerprint density at radius 2 is 2.08 bits per heavy atom. The van der Waals surface area contributed by atoms with Crippen LogP contribution in [0.15, 0.2) is 24.3 Å². The zero-order valence-electron chi connectivity index (χ0n) is 14.0. The fraction of sp³-hybridized carbons (Fsp3) is 0.588. The molecule has 4 nitrogen and oxygen atoms in total. The fourth-order valence-electron chi connectivity index (χ4n) is 2.84. The number of carbonyl (C=O) groups excluding carboxylic acids is 1. The van der Waals surface area contributed by atoms with Gasteiger partial charge in [0.2, 0.25) is 5.91 Å². The Hall–Kier alpha value is -1.47. The van der Waals surface area contributed by atoms with Crippen molar-refractivity contribution in [3.05, 3.63) is 29.8 Å². The van der Waals surface area contributed by atoms with E-state index in [1.807, 2.05) is 0 Å². The highest BCUT2D eigenvalue weighted by atomic mass is 35.5. The Kier molecular flexibility index (Phi) is 8.02. The van der Waals surface area contributed by atoms with Gasteiger partial charge >= 0.3 is 6.36 Å².